The second-order valence-electron chi connectivity index (χ2n) is 28.8. The van der Waals surface area contributed by atoms with Crippen LogP contribution in [-0.4, -0.2) is 47.4 Å². The summed E-state index contributed by atoms with van der Waals surface area (Å²) in [6, 6.07) is -0.540. The standard InChI is InChI=1S/C84H163NO5/c1-3-5-7-9-11-13-15-17-18-19-20-21-41-44-47-50-53-56-60-64-68-72-76-82(87)81(80-86)85-83(88)77-73-69-65-61-57-54-51-48-45-42-39-37-35-33-31-29-27-25-23-22-24-26-28-30-32-34-36-38-40-43-46-49-52-55-59-63-67-71-75-79-90-84(89)78-74-70-66-62-58-16-14-12-10-8-6-4-2/h22-23,26,28,81-82,86-87H,3-21,24-25,27,29-80H2,1-2H3,(H,85,88)/b23-22-,28-26-. The van der Waals surface area contributed by atoms with Crippen molar-refractivity contribution in [2.24, 2.45) is 0 Å². The molecule has 3 N–H and O–H groups in total. The van der Waals surface area contributed by atoms with Crippen LogP contribution in [0.1, 0.15) is 476 Å². The number of aliphatic hydroxyl groups excluding tert-OH is 2. The Morgan fingerprint density at radius 3 is 0.844 bits per heavy atom. The predicted molar refractivity (Wildman–Crippen MR) is 398 cm³/mol. The average Bonchev–Trinajstić information content (AvgIpc) is 3.58. The summed E-state index contributed by atoms with van der Waals surface area (Å²) in [5.41, 5.74) is 0. The first kappa shape index (κ1) is 88.3. The Morgan fingerprint density at radius 1 is 0.311 bits per heavy atom. The smallest absolute Gasteiger partial charge is 0.305 e. The predicted octanol–water partition coefficient (Wildman–Crippen LogP) is 27.6. The van der Waals surface area contributed by atoms with Gasteiger partial charge in [-0.1, -0.05) is 430 Å². The van der Waals surface area contributed by atoms with Gasteiger partial charge in [-0.2, -0.15) is 0 Å². The SMILES string of the molecule is CCCCCCCCCCCCCCCCCCCCCCCCC(O)C(CO)NC(=O)CCCCCCCCCCCCCCCCCCC/C=C\C/C=C\CCCCCCCCCCCCCCCCCOC(=O)CCCCCCCCCCCCCC. The Kier molecular flexibility index (Phi) is 78.3. The van der Waals surface area contributed by atoms with Gasteiger partial charge in [-0.25, -0.2) is 0 Å². The van der Waals surface area contributed by atoms with Gasteiger partial charge in [0.15, 0.2) is 0 Å². The van der Waals surface area contributed by atoms with E-state index < -0.39 is 12.1 Å². The molecule has 0 radical (unpaired) electrons. The molecule has 0 aromatic carbocycles. The molecule has 534 valence electrons. The lowest BCUT2D eigenvalue weighted by atomic mass is 10.0. The lowest BCUT2D eigenvalue weighted by Gasteiger charge is -2.22. The molecule has 0 saturated heterocycles. The number of hydrogen-bond donors (Lipinski definition) is 3. The van der Waals surface area contributed by atoms with Crippen LogP contribution in [0.2, 0.25) is 0 Å². The van der Waals surface area contributed by atoms with Gasteiger partial charge in [-0.15, -0.1) is 0 Å². The number of aliphatic hydroxyl groups is 2. The summed E-state index contributed by atoms with van der Waals surface area (Å²) in [5.74, 6) is -0.00416. The van der Waals surface area contributed by atoms with Gasteiger partial charge in [0.05, 0.1) is 25.4 Å². The van der Waals surface area contributed by atoms with Gasteiger partial charge in [0.1, 0.15) is 0 Å². The van der Waals surface area contributed by atoms with Crippen LogP contribution in [0.3, 0.4) is 0 Å². The van der Waals surface area contributed by atoms with E-state index >= 15 is 0 Å². The van der Waals surface area contributed by atoms with Crippen LogP contribution in [0.5, 0.6) is 0 Å². The van der Waals surface area contributed by atoms with Gasteiger partial charge >= 0.3 is 5.97 Å². The number of hydrogen-bond acceptors (Lipinski definition) is 5. The number of unbranched alkanes of at least 4 members (excludes halogenated alkanes) is 64. The third kappa shape index (κ3) is 75.4. The van der Waals surface area contributed by atoms with Crippen molar-refractivity contribution >= 4 is 11.9 Å². The molecule has 1 amide bonds. The largest absolute Gasteiger partial charge is 0.466 e. The van der Waals surface area contributed by atoms with E-state index in [2.05, 4.69) is 43.5 Å². The first-order valence-electron chi connectivity index (χ1n) is 41.6. The third-order valence-corrected chi connectivity index (χ3v) is 19.8. The quantitative estimate of drug-likeness (QED) is 0.0320. The summed E-state index contributed by atoms with van der Waals surface area (Å²) in [6.07, 6.45) is 103. The molecule has 2 unspecified atom stereocenters. The normalized spacial score (nSPS) is 12.5. The van der Waals surface area contributed by atoms with Gasteiger partial charge in [-0.3, -0.25) is 9.59 Å². The van der Waals surface area contributed by atoms with Crippen LogP contribution in [-0.2, 0) is 14.3 Å². The fourth-order valence-corrected chi connectivity index (χ4v) is 13.4. The lowest BCUT2D eigenvalue weighted by Crippen LogP contribution is -2.45. The number of esters is 1. The van der Waals surface area contributed by atoms with Crippen molar-refractivity contribution in [3.05, 3.63) is 24.3 Å². The van der Waals surface area contributed by atoms with Crippen molar-refractivity contribution in [3.63, 3.8) is 0 Å². The molecular formula is C84H163NO5. The maximum absolute atomic E-state index is 12.6. The minimum atomic E-state index is -0.663. The summed E-state index contributed by atoms with van der Waals surface area (Å²) < 4.78 is 5.49. The second kappa shape index (κ2) is 79.8. The van der Waals surface area contributed by atoms with E-state index in [1.54, 1.807) is 0 Å². The monoisotopic (exact) mass is 1270 g/mol. The summed E-state index contributed by atoms with van der Waals surface area (Å²) in [4.78, 5) is 24.6. The molecule has 2 atom stereocenters. The van der Waals surface area contributed by atoms with E-state index in [1.165, 1.54) is 398 Å². The van der Waals surface area contributed by atoms with Crippen molar-refractivity contribution in [1.82, 2.24) is 5.32 Å². The molecular weight excluding hydrogens is 1100 g/mol. The Hall–Kier alpha value is -1.66. The van der Waals surface area contributed by atoms with Crippen molar-refractivity contribution in [3.8, 4) is 0 Å². The maximum Gasteiger partial charge on any atom is 0.305 e. The van der Waals surface area contributed by atoms with E-state index in [0.29, 0.717) is 25.9 Å². The summed E-state index contributed by atoms with van der Waals surface area (Å²) in [7, 11) is 0. The zero-order valence-corrected chi connectivity index (χ0v) is 61.4. The molecule has 90 heavy (non-hydrogen) atoms. The Labute approximate surface area is 564 Å². The molecule has 0 aliphatic heterocycles. The first-order valence-corrected chi connectivity index (χ1v) is 41.6. The van der Waals surface area contributed by atoms with Gasteiger partial charge in [0.25, 0.3) is 0 Å². The van der Waals surface area contributed by atoms with E-state index in [9.17, 15) is 19.8 Å². The number of nitrogens with one attached hydrogen (secondary N) is 1. The van der Waals surface area contributed by atoms with Gasteiger partial charge in [0.2, 0.25) is 5.91 Å². The van der Waals surface area contributed by atoms with Gasteiger partial charge < -0.3 is 20.3 Å². The van der Waals surface area contributed by atoms with Gasteiger partial charge in [-0.05, 0) is 57.8 Å². The molecule has 0 aliphatic carbocycles. The van der Waals surface area contributed by atoms with Crippen molar-refractivity contribution in [2.75, 3.05) is 13.2 Å². The Balaban J connectivity index is 3.35. The molecule has 0 rings (SSSR count). The Bertz CT molecular complexity index is 1410. The molecule has 0 spiro atoms. The third-order valence-electron chi connectivity index (χ3n) is 19.8. The number of amides is 1. The summed E-state index contributed by atoms with van der Waals surface area (Å²) in [5, 5.41) is 23.5. The number of allylic oxidation sites excluding steroid dienone is 4. The minimum Gasteiger partial charge on any atom is -0.466 e. The van der Waals surface area contributed by atoms with E-state index in [1.807, 2.05) is 0 Å². The van der Waals surface area contributed by atoms with Crippen LogP contribution >= 0.6 is 0 Å². The van der Waals surface area contributed by atoms with E-state index in [4.69, 9.17) is 4.74 Å². The van der Waals surface area contributed by atoms with Crippen molar-refractivity contribution in [1.29, 1.82) is 0 Å². The molecule has 0 aliphatic rings. The van der Waals surface area contributed by atoms with Crippen LogP contribution in [0.15, 0.2) is 24.3 Å². The minimum absolute atomic E-state index is 0.0220. The van der Waals surface area contributed by atoms with Crippen LogP contribution in [0.4, 0.5) is 0 Å². The van der Waals surface area contributed by atoms with Crippen molar-refractivity contribution in [2.45, 2.75) is 488 Å². The number of carbonyl (C=O) groups is 2. The van der Waals surface area contributed by atoms with Crippen LogP contribution in [0.25, 0.3) is 0 Å². The molecule has 0 saturated carbocycles. The molecule has 6 heteroatoms. The highest BCUT2D eigenvalue weighted by atomic mass is 16.5. The molecule has 0 aromatic heterocycles. The number of ether oxygens (including phenoxy) is 1. The van der Waals surface area contributed by atoms with Crippen LogP contribution in [0, 0.1) is 0 Å². The molecule has 0 bridgehead atoms. The topological polar surface area (TPSA) is 95.9 Å². The number of carbonyl (C=O) groups excluding carboxylic acids is 2. The van der Waals surface area contributed by atoms with Crippen molar-refractivity contribution < 1.29 is 24.5 Å². The summed E-state index contributed by atoms with van der Waals surface area (Å²) >= 11 is 0. The van der Waals surface area contributed by atoms with Crippen LogP contribution < -0.4 is 5.32 Å². The van der Waals surface area contributed by atoms with E-state index in [0.717, 1.165) is 44.9 Å². The number of rotatable bonds is 79. The summed E-state index contributed by atoms with van der Waals surface area (Å²) in [6.45, 7) is 5.01. The van der Waals surface area contributed by atoms with Gasteiger partial charge in [0, 0.05) is 12.8 Å². The first-order chi connectivity index (χ1) is 44.5. The molecule has 6 nitrogen and oxygen atoms in total. The molecule has 0 fully saturated rings. The lowest BCUT2D eigenvalue weighted by molar-refractivity contribution is -0.143. The maximum atomic E-state index is 12.6. The van der Waals surface area contributed by atoms with E-state index in [-0.39, 0.29) is 18.5 Å². The molecule has 0 aromatic rings. The Morgan fingerprint density at radius 2 is 0.556 bits per heavy atom. The highest BCUT2D eigenvalue weighted by Crippen LogP contribution is 2.20. The highest BCUT2D eigenvalue weighted by Gasteiger charge is 2.20. The zero-order chi connectivity index (χ0) is 64.9. The molecule has 0 heterocycles. The highest BCUT2D eigenvalue weighted by molar-refractivity contribution is 5.76. The average molecular weight is 1270 g/mol. The second-order valence-corrected chi connectivity index (χ2v) is 28.8. The fraction of sp³-hybridized carbons (Fsp3) is 0.929. The fourth-order valence-electron chi connectivity index (χ4n) is 13.4. The zero-order valence-electron chi connectivity index (χ0n) is 61.4.